The van der Waals surface area contributed by atoms with Gasteiger partial charge in [0.25, 0.3) is 5.89 Å². The van der Waals surface area contributed by atoms with Crippen LogP contribution in [0.2, 0.25) is 0 Å². The van der Waals surface area contributed by atoms with E-state index in [0.29, 0.717) is 18.2 Å². The number of sulfonamides is 1. The summed E-state index contributed by atoms with van der Waals surface area (Å²) in [6.45, 7) is 4.07. The molecule has 154 valence electrons. The SMILES string of the molecule is CC(C)Cc1noc(COC(=O)c2cccc(S(=O)(=O)NCc3cccs3)c2)n1. The number of benzene rings is 1. The second-order valence-electron chi connectivity index (χ2n) is 6.71. The summed E-state index contributed by atoms with van der Waals surface area (Å²) in [6.07, 6.45) is 0.663. The van der Waals surface area contributed by atoms with Crippen LogP contribution in [0.15, 0.2) is 51.2 Å². The topological polar surface area (TPSA) is 111 Å². The first-order valence-electron chi connectivity index (χ1n) is 8.94. The highest BCUT2D eigenvalue weighted by molar-refractivity contribution is 7.89. The van der Waals surface area contributed by atoms with Crippen LogP contribution in [0.3, 0.4) is 0 Å². The Labute approximate surface area is 173 Å². The van der Waals surface area contributed by atoms with Gasteiger partial charge in [0.1, 0.15) is 0 Å². The van der Waals surface area contributed by atoms with Crippen molar-refractivity contribution < 1.29 is 22.5 Å². The molecule has 0 saturated heterocycles. The first kappa shape index (κ1) is 21.2. The number of carbonyl (C=O) groups excluding carboxylic acids is 1. The quantitative estimate of drug-likeness (QED) is 0.514. The Morgan fingerprint density at radius 3 is 2.83 bits per heavy atom. The molecule has 0 bridgehead atoms. The molecular weight excluding hydrogens is 414 g/mol. The molecule has 1 N–H and O–H groups in total. The van der Waals surface area contributed by atoms with Crippen LogP contribution in [0.5, 0.6) is 0 Å². The third-order valence-corrected chi connectivity index (χ3v) is 6.10. The summed E-state index contributed by atoms with van der Waals surface area (Å²) < 4.78 is 37.7. The second kappa shape index (κ2) is 9.29. The molecule has 1 aromatic carbocycles. The number of nitrogens with one attached hydrogen (secondary N) is 1. The molecule has 3 aromatic rings. The van der Waals surface area contributed by atoms with E-state index in [2.05, 4.69) is 14.9 Å². The van der Waals surface area contributed by atoms with Crippen molar-refractivity contribution in [3.8, 4) is 0 Å². The zero-order valence-electron chi connectivity index (χ0n) is 16.0. The number of rotatable bonds is 9. The Morgan fingerprint density at radius 1 is 1.28 bits per heavy atom. The minimum absolute atomic E-state index is 0.0134. The number of nitrogens with zero attached hydrogens (tertiary/aromatic N) is 2. The average molecular weight is 436 g/mol. The van der Waals surface area contributed by atoms with E-state index in [-0.39, 0.29) is 29.5 Å². The summed E-state index contributed by atoms with van der Waals surface area (Å²) in [6, 6.07) is 9.36. The maximum Gasteiger partial charge on any atom is 0.338 e. The van der Waals surface area contributed by atoms with E-state index >= 15 is 0 Å². The molecule has 0 fully saturated rings. The fourth-order valence-electron chi connectivity index (χ4n) is 2.46. The van der Waals surface area contributed by atoms with Gasteiger partial charge in [0.05, 0.1) is 10.5 Å². The minimum Gasteiger partial charge on any atom is -0.452 e. The first-order valence-corrected chi connectivity index (χ1v) is 11.3. The number of ether oxygens (including phenoxy) is 1. The number of esters is 1. The van der Waals surface area contributed by atoms with Gasteiger partial charge in [-0.1, -0.05) is 31.1 Å². The maximum absolute atomic E-state index is 12.5. The second-order valence-corrected chi connectivity index (χ2v) is 9.51. The van der Waals surface area contributed by atoms with Crippen molar-refractivity contribution in [2.24, 2.45) is 5.92 Å². The Hall–Kier alpha value is -2.56. The normalized spacial score (nSPS) is 11.7. The summed E-state index contributed by atoms with van der Waals surface area (Å²) >= 11 is 1.46. The molecule has 0 aliphatic heterocycles. The smallest absolute Gasteiger partial charge is 0.338 e. The van der Waals surface area contributed by atoms with Gasteiger partial charge in [-0.25, -0.2) is 17.9 Å². The Balaban J connectivity index is 1.62. The molecule has 2 aromatic heterocycles. The van der Waals surface area contributed by atoms with E-state index in [1.807, 2.05) is 31.4 Å². The largest absolute Gasteiger partial charge is 0.452 e. The van der Waals surface area contributed by atoms with Crippen molar-refractivity contribution in [1.29, 1.82) is 0 Å². The summed E-state index contributed by atoms with van der Waals surface area (Å²) in [5.41, 5.74) is 0.117. The van der Waals surface area contributed by atoms with Crippen LogP contribution < -0.4 is 4.72 Å². The molecule has 3 rings (SSSR count). The van der Waals surface area contributed by atoms with E-state index in [1.54, 1.807) is 0 Å². The van der Waals surface area contributed by atoms with Gasteiger partial charge in [-0.05, 0) is 35.6 Å². The average Bonchev–Trinajstić information content (AvgIpc) is 3.36. The van der Waals surface area contributed by atoms with E-state index in [4.69, 9.17) is 9.26 Å². The number of carbonyl (C=O) groups is 1. The van der Waals surface area contributed by atoms with Gasteiger partial charge in [0.15, 0.2) is 12.4 Å². The fourth-order valence-corrected chi connectivity index (χ4v) is 4.25. The molecular formula is C19H21N3O5S2. The predicted octanol–water partition coefficient (Wildman–Crippen LogP) is 3.17. The molecule has 0 aliphatic rings. The predicted molar refractivity (Wildman–Crippen MR) is 107 cm³/mol. The summed E-state index contributed by atoms with van der Waals surface area (Å²) in [4.78, 5) is 17.3. The van der Waals surface area contributed by atoms with Gasteiger partial charge in [0, 0.05) is 17.8 Å². The van der Waals surface area contributed by atoms with Crippen molar-refractivity contribution >= 4 is 27.3 Å². The maximum atomic E-state index is 12.5. The van der Waals surface area contributed by atoms with Gasteiger partial charge in [-0.15, -0.1) is 11.3 Å². The lowest BCUT2D eigenvalue weighted by molar-refractivity contribution is 0.0429. The Bertz CT molecular complexity index is 1060. The molecule has 0 amide bonds. The summed E-state index contributed by atoms with van der Waals surface area (Å²) in [7, 11) is -3.76. The van der Waals surface area contributed by atoms with Crippen LogP contribution in [0.25, 0.3) is 0 Å². The van der Waals surface area contributed by atoms with Crippen LogP contribution in [-0.4, -0.2) is 24.5 Å². The molecule has 2 heterocycles. The molecule has 8 nitrogen and oxygen atoms in total. The van der Waals surface area contributed by atoms with Crippen molar-refractivity contribution in [3.05, 3.63) is 63.9 Å². The highest BCUT2D eigenvalue weighted by Crippen LogP contribution is 2.15. The van der Waals surface area contributed by atoms with Gasteiger partial charge < -0.3 is 9.26 Å². The number of thiophene rings is 1. The lowest BCUT2D eigenvalue weighted by Crippen LogP contribution is -2.23. The molecule has 10 heteroatoms. The van der Waals surface area contributed by atoms with E-state index in [1.165, 1.54) is 35.6 Å². The minimum atomic E-state index is -3.76. The zero-order chi connectivity index (χ0) is 20.9. The monoisotopic (exact) mass is 435 g/mol. The molecule has 0 saturated carbocycles. The fraction of sp³-hybridized carbons (Fsp3) is 0.316. The molecule has 0 spiro atoms. The number of aromatic nitrogens is 2. The molecule has 0 atom stereocenters. The van der Waals surface area contributed by atoms with Crippen molar-refractivity contribution in [1.82, 2.24) is 14.9 Å². The van der Waals surface area contributed by atoms with E-state index in [0.717, 1.165) is 4.88 Å². The van der Waals surface area contributed by atoms with E-state index < -0.39 is 16.0 Å². The van der Waals surface area contributed by atoms with Crippen molar-refractivity contribution in [2.45, 2.75) is 38.3 Å². The van der Waals surface area contributed by atoms with Crippen LogP contribution in [-0.2, 0) is 34.3 Å². The molecule has 0 aliphatic carbocycles. The van der Waals surface area contributed by atoms with Crippen LogP contribution in [0.1, 0.15) is 40.8 Å². The van der Waals surface area contributed by atoms with Crippen LogP contribution in [0.4, 0.5) is 0 Å². The van der Waals surface area contributed by atoms with Crippen LogP contribution >= 0.6 is 11.3 Å². The molecule has 0 radical (unpaired) electrons. The van der Waals surface area contributed by atoms with Gasteiger partial charge >= 0.3 is 5.97 Å². The van der Waals surface area contributed by atoms with Gasteiger partial charge in [0.2, 0.25) is 10.0 Å². The molecule has 0 unspecified atom stereocenters. The summed E-state index contributed by atoms with van der Waals surface area (Å²) in [5.74, 6) is 0.441. The number of hydrogen-bond donors (Lipinski definition) is 1. The Kier molecular flexibility index (Phi) is 6.78. The van der Waals surface area contributed by atoms with Crippen molar-refractivity contribution in [3.63, 3.8) is 0 Å². The van der Waals surface area contributed by atoms with Crippen molar-refractivity contribution in [2.75, 3.05) is 0 Å². The van der Waals surface area contributed by atoms with E-state index in [9.17, 15) is 13.2 Å². The Morgan fingerprint density at radius 2 is 2.10 bits per heavy atom. The lowest BCUT2D eigenvalue weighted by Gasteiger charge is -2.07. The summed E-state index contributed by atoms with van der Waals surface area (Å²) in [5, 5.41) is 5.70. The van der Waals surface area contributed by atoms with Gasteiger partial charge in [-0.2, -0.15) is 4.98 Å². The lowest BCUT2D eigenvalue weighted by atomic mass is 10.1. The van der Waals surface area contributed by atoms with Gasteiger partial charge in [-0.3, -0.25) is 0 Å². The zero-order valence-corrected chi connectivity index (χ0v) is 17.6. The molecule has 29 heavy (non-hydrogen) atoms. The number of hydrogen-bond acceptors (Lipinski definition) is 8. The third-order valence-electron chi connectivity index (χ3n) is 3.82. The van der Waals surface area contributed by atoms with Crippen LogP contribution in [0, 0.1) is 5.92 Å². The first-order chi connectivity index (χ1) is 13.8. The highest BCUT2D eigenvalue weighted by atomic mass is 32.2. The standard InChI is InChI=1S/C19H21N3O5S2/c1-13(2)9-17-21-18(27-22-17)12-26-19(23)14-5-3-7-16(10-14)29(24,25)20-11-15-6-4-8-28-15/h3-8,10,13,20H,9,11-12H2,1-2H3. The third kappa shape index (κ3) is 5.96. The highest BCUT2D eigenvalue weighted by Gasteiger charge is 2.18.